The molecule has 1 aliphatic heterocycles. The molecule has 2 rings (SSSR count). The topological polar surface area (TPSA) is 29.3 Å². The second-order valence-electron chi connectivity index (χ2n) is 3.78. The van der Waals surface area contributed by atoms with Gasteiger partial charge in [0.15, 0.2) is 0 Å². The summed E-state index contributed by atoms with van der Waals surface area (Å²) in [7, 11) is 2.13. The van der Waals surface area contributed by atoms with E-state index in [9.17, 15) is 0 Å². The Morgan fingerprint density at radius 1 is 1.57 bits per heavy atom. The lowest BCUT2D eigenvalue weighted by molar-refractivity contribution is 0.691. The molecule has 3 heteroatoms. The number of hydrogen-bond acceptors (Lipinski definition) is 3. The van der Waals surface area contributed by atoms with E-state index in [0.717, 1.165) is 12.3 Å². The van der Waals surface area contributed by atoms with Crippen molar-refractivity contribution in [3.8, 4) is 0 Å². The van der Waals surface area contributed by atoms with Gasteiger partial charge in [0.05, 0.1) is 11.7 Å². The van der Waals surface area contributed by atoms with E-state index < -0.39 is 0 Å². The highest BCUT2D eigenvalue weighted by molar-refractivity contribution is 7.99. The normalized spacial score (nSPS) is 20.8. The molecule has 0 bridgehead atoms. The van der Waals surface area contributed by atoms with Crippen molar-refractivity contribution in [3.63, 3.8) is 0 Å². The van der Waals surface area contributed by atoms with Gasteiger partial charge in [0, 0.05) is 24.2 Å². The number of hydrogen-bond donors (Lipinski definition) is 1. The summed E-state index contributed by atoms with van der Waals surface area (Å²) in [5.41, 5.74) is 8.38. The van der Waals surface area contributed by atoms with Gasteiger partial charge >= 0.3 is 0 Å². The molecule has 0 fully saturated rings. The molecule has 1 unspecified atom stereocenters. The van der Waals surface area contributed by atoms with Crippen LogP contribution in [-0.2, 0) is 0 Å². The lowest BCUT2D eigenvalue weighted by atomic mass is 10.2. The van der Waals surface area contributed by atoms with E-state index in [1.807, 2.05) is 11.8 Å². The number of benzene rings is 1. The number of fused-ring (bicyclic) bond motifs is 1. The fraction of sp³-hybridized carbons (Fsp3) is 0.455. The van der Waals surface area contributed by atoms with Crippen molar-refractivity contribution >= 4 is 17.4 Å². The summed E-state index contributed by atoms with van der Waals surface area (Å²) >= 11 is 1.91. The molecule has 0 saturated carbocycles. The molecule has 2 N–H and O–H groups in total. The van der Waals surface area contributed by atoms with E-state index in [-0.39, 0.29) is 0 Å². The molecule has 1 atom stereocenters. The van der Waals surface area contributed by atoms with Crippen LogP contribution < -0.4 is 10.6 Å². The number of aryl methyl sites for hydroxylation is 1. The quantitative estimate of drug-likeness (QED) is 0.764. The molecule has 2 nitrogen and oxygen atoms in total. The molecule has 0 radical (unpaired) electrons. The molecule has 0 aromatic heterocycles. The average Bonchev–Trinajstić information content (AvgIpc) is 2.20. The molecule has 1 aromatic rings. The Morgan fingerprint density at radius 2 is 2.36 bits per heavy atom. The van der Waals surface area contributed by atoms with Crippen molar-refractivity contribution in [1.82, 2.24) is 0 Å². The van der Waals surface area contributed by atoms with Crippen molar-refractivity contribution in [2.24, 2.45) is 5.73 Å². The van der Waals surface area contributed by atoms with Crippen molar-refractivity contribution < 1.29 is 0 Å². The number of rotatable bonds is 1. The van der Waals surface area contributed by atoms with Crippen LogP contribution >= 0.6 is 11.8 Å². The van der Waals surface area contributed by atoms with Crippen LogP contribution in [0.1, 0.15) is 5.56 Å². The van der Waals surface area contributed by atoms with Gasteiger partial charge in [-0.2, -0.15) is 0 Å². The lowest BCUT2D eigenvalue weighted by Crippen LogP contribution is -2.42. The zero-order valence-electron chi connectivity index (χ0n) is 8.66. The van der Waals surface area contributed by atoms with Gasteiger partial charge in [0.25, 0.3) is 0 Å². The van der Waals surface area contributed by atoms with Crippen LogP contribution in [0.2, 0.25) is 0 Å². The highest BCUT2D eigenvalue weighted by Gasteiger charge is 2.22. The summed E-state index contributed by atoms with van der Waals surface area (Å²) in [6, 6.07) is 7.10. The largest absolute Gasteiger partial charge is 0.369 e. The first-order valence-corrected chi connectivity index (χ1v) is 5.87. The summed E-state index contributed by atoms with van der Waals surface area (Å²) in [5, 5.41) is 0. The van der Waals surface area contributed by atoms with E-state index in [4.69, 9.17) is 5.73 Å². The van der Waals surface area contributed by atoms with Gasteiger partial charge in [-0.15, -0.1) is 11.8 Å². The first-order chi connectivity index (χ1) is 6.72. The predicted octanol–water partition coefficient (Wildman–Crippen LogP) is 1.86. The Bertz CT molecular complexity index is 338. The molecular formula is C11H16N2S. The van der Waals surface area contributed by atoms with Crippen molar-refractivity contribution in [1.29, 1.82) is 0 Å². The smallest absolute Gasteiger partial charge is 0.0507 e. The Kier molecular flexibility index (Phi) is 2.70. The van der Waals surface area contributed by atoms with Crippen LogP contribution in [0.3, 0.4) is 0 Å². The second-order valence-corrected chi connectivity index (χ2v) is 4.84. The maximum absolute atomic E-state index is 5.73. The molecule has 1 heterocycles. The van der Waals surface area contributed by atoms with Gasteiger partial charge in [0.1, 0.15) is 0 Å². The molecule has 0 saturated heterocycles. The van der Waals surface area contributed by atoms with Crippen molar-refractivity contribution in [2.45, 2.75) is 17.9 Å². The number of nitrogens with two attached hydrogens (primary N) is 1. The summed E-state index contributed by atoms with van der Waals surface area (Å²) in [5.74, 6) is 1.10. The van der Waals surface area contributed by atoms with Gasteiger partial charge in [-0.25, -0.2) is 0 Å². The Morgan fingerprint density at radius 3 is 3.07 bits per heavy atom. The fourth-order valence-electron chi connectivity index (χ4n) is 1.75. The van der Waals surface area contributed by atoms with E-state index >= 15 is 0 Å². The maximum atomic E-state index is 5.73. The van der Waals surface area contributed by atoms with Gasteiger partial charge < -0.3 is 10.6 Å². The zero-order chi connectivity index (χ0) is 10.1. The number of thioether (sulfide) groups is 1. The lowest BCUT2D eigenvalue weighted by Gasteiger charge is -2.35. The monoisotopic (exact) mass is 208 g/mol. The molecule has 0 spiro atoms. The van der Waals surface area contributed by atoms with Crippen molar-refractivity contribution in [3.05, 3.63) is 23.8 Å². The van der Waals surface area contributed by atoms with Crippen LogP contribution in [0.5, 0.6) is 0 Å². The van der Waals surface area contributed by atoms with Crippen LogP contribution in [0.25, 0.3) is 0 Å². The Labute approximate surface area is 89.5 Å². The summed E-state index contributed by atoms with van der Waals surface area (Å²) in [6.45, 7) is 2.86. The number of anilines is 1. The van der Waals surface area contributed by atoms with Gasteiger partial charge in [0.2, 0.25) is 0 Å². The van der Waals surface area contributed by atoms with Gasteiger partial charge in [-0.05, 0) is 24.6 Å². The summed E-state index contributed by atoms with van der Waals surface area (Å²) < 4.78 is 0. The minimum atomic E-state index is 0.481. The summed E-state index contributed by atoms with van der Waals surface area (Å²) in [6.07, 6.45) is 0. The number of likely N-dealkylation sites (N-methyl/N-ethyl adjacent to an activating group) is 1. The average molecular weight is 208 g/mol. The third kappa shape index (κ3) is 1.62. The minimum Gasteiger partial charge on any atom is -0.369 e. The van der Waals surface area contributed by atoms with Crippen LogP contribution in [0.4, 0.5) is 5.69 Å². The van der Waals surface area contributed by atoms with E-state index in [2.05, 4.69) is 37.1 Å². The Hall–Kier alpha value is -0.670. The van der Waals surface area contributed by atoms with Crippen molar-refractivity contribution in [2.75, 3.05) is 24.2 Å². The third-order valence-electron chi connectivity index (χ3n) is 2.75. The molecule has 14 heavy (non-hydrogen) atoms. The van der Waals surface area contributed by atoms with E-state index in [1.165, 1.54) is 16.1 Å². The van der Waals surface area contributed by atoms with E-state index in [1.54, 1.807) is 0 Å². The second kappa shape index (κ2) is 3.83. The first-order valence-electron chi connectivity index (χ1n) is 4.88. The first kappa shape index (κ1) is 9.87. The van der Waals surface area contributed by atoms with Gasteiger partial charge in [-0.3, -0.25) is 0 Å². The highest BCUT2D eigenvalue weighted by Crippen LogP contribution is 2.36. The third-order valence-corrected chi connectivity index (χ3v) is 3.95. The maximum Gasteiger partial charge on any atom is 0.0507 e. The molecular weight excluding hydrogens is 192 g/mol. The van der Waals surface area contributed by atoms with Crippen LogP contribution in [-0.4, -0.2) is 25.4 Å². The summed E-state index contributed by atoms with van der Waals surface area (Å²) in [4.78, 5) is 3.68. The fourth-order valence-corrected chi connectivity index (χ4v) is 2.99. The predicted molar refractivity (Wildman–Crippen MR) is 63.1 cm³/mol. The number of nitrogens with zero attached hydrogens (tertiary/aromatic N) is 1. The van der Waals surface area contributed by atoms with Crippen LogP contribution in [0, 0.1) is 6.92 Å². The zero-order valence-corrected chi connectivity index (χ0v) is 9.47. The molecule has 0 aliphatic carbocycles. The van der Waals surface area contributed by atoms with E-state index in [0.29, 0.717) is 6.04 Å². The molecule has 1 aliphatic rings. The Balaban J connectivity index is 2.38. The minimum absolute atomic E-state index is 0.481. The highest BCUT2D eigenvalue weighted by atomic mass is 32.2. The molecule has 0 amide bonds. The standard InChI is InChI=1S/C11H16N2S/c1-8-3-4-11-10(5-8)13(2)9(6-12)7-14-11/h3-5,9H,6-7,12H2,1-2H3. The SMILES string of the molecule is Cc1ccc2c(c1)N(C)C(CN)CS2. The van der Waals surface area contributed by atoms with Gasteiger partial charge in [-0.1, -0.05) is 6.07 Å². The molecule has 76 valence electrons. The van der Waals surface area contributed by atoms with Crippen LogP contribution in [0.15, 0.2) is 23.1 Å². The molecule has 1 aromatic carbocycles.